The molecule has 0 amide bonds. The van der Waals surface area contributed by atoms with Gasteiger partial charge < -0.3 is 10.1 Å². The van der Waals surface area contributed by atoms with Gasteiger partial charge in [-0.1, -0.05) is 11.6 Å². The van der Waals surface area contributed by atoms with E-state index in [-0.39, 0.29) is 22.6 Å². The fourth-order valence-electron chi connectivity index (χ4n) is 1.52. The van der Waals surface area contributed by atoms with Gasteiger partial charge in [0.15, 0.2) is 0 Å². The van der Waals surface area contributed by atoms with Crippen LogP contribution >= 0.6 is 11.6 Å². The smallest absolute Gasteiger partial charge is 0.242 e. The van der Waals surface area contributed by atoms with Crippen molar-refractivity contribution in [1.82, 2.24) is 9.71 Å². The second kappa shape index (κ2) is 7.78. The van der Waals surface area contributed by atoms with Crippen molar-refractivity contribution in [1.29, 1.82) is 0 Å². The molecule has 0 aliphatic rings. The van der Waals surface area contributed by atoms with Gasteiger partial charge in [-0.05, 0) is 26.8 Å². The van der Waals surface area contributed by atoms with E-state index in [0.717, 1.165) is 0 Å². The molecule has 1 unspecified atom stereocenters. The molecular weight excluding hydrogens is 302 g/mol. The molecule has 8 heteroatoms. The Balaban J connectivity index is 2.80. The van der Waals surface area contributed by atoms with Gasteiger partial charge in [0.25, 0.3) is 0 Å². The maximum absolute atomic E-state index is 12.1. The number of halogens is 1. The first kappa shape index (κ1) is 17.2. The number of sulfonamides is 1. The molecular formula is C12H20ClN3O3S. The van der Waals surface area contributed by atoms with Crippen molar-refractivity contribution in [2.45, 2.75) is 31.8 Å². The molecule has 6 nitrogen and oxygen atoms in total. The number of ether oxygens (including phenoxy) is 1. The predicted octanol–water partition coefficient (Wildman–Crippen LogP) is 1.87. The summed E-state index contributed by atoms with van der Waals surface area (Å²) in [7, 11) is -3.63. The van der Waals surface area contributed by atoms with Gasteiger partial charge in [-0.15, -0.1) is 0 Å². The molecule has 0 aliphatic carbocycles. The summed E-state index contributed by atoms with van der Waals surface area (Å²) >= 11 is 5.98. The standard InChI is InChI=1S/C12H20ClN3O3S/c1-4-14-12-11(13)6-10(8-15-12)20(17,18)16-7-9(3)19-5-2/h6,8-9,16H,4-5,7H2,1-3H3,(H,14,15). The van der Waals surface area contributed by atoms with Gasteiger partial charge >= 0.3 is 0 Å². The summed E-state index contributed by atoms with van der Waals surface area (Å²) < 4.78 is 31.9. The van der Waals surface area contributed by atoms with Crippen LogP contribution in [0.3, 0.4) is 0 Å². The summed E-state index contributed by atoms with van der Waals surface area (Å²) in [6.45, 7) is 6.94. The van der Waals surface area contributed by atoms with Crippen molar-refractivity contribution in [3.05, 3.63) is 17.3 Å². The van der Waals surface area contributed by atoms with E-state index in [9.17, 15) is 8.42 Å². The van der Waals surface area contributed by atoms with Crippen LogP contribution in [0.15, 0.2) is 17.2 Å². The first-order chi connectivity index (χ1) is 9.40. The highest BCUT2D eigenvalue weighted by Crippen LogP contribution is 2.22. The molecule has 0 radical (unpaired) electrons. The third-order valence-corrected chi connectivity index (χ3v) is 4.16. The van der Waals surface area contributed by atoms with Gasteiger partial charge in [-0.25, -0.2) is 18.1 Å². The molecule has 2 N–H and O–H groups in total. The number of nitrogens with zero attached hydrogens (tertiary/aromatic N) is 1. The second-order valence-electron chi connectivity index (χ2n) is 4.15. The molecule has 0 saturated heterocycles. The molecule has 0 aromatic carbocycles. The zero-order valence-electron chi connectivity index (χ0n) is 11.8. The van der Waals surface area contributed by atoms with Crippen LogP contribution in [-0.4, -0.2) is 39.2 Å². The number of hydrogen-bond donors (Lipinski definition) is 2. The molecule has 20 heavy (non-hydrogen) atoms. The molecule has 1 aromatic heterocycles. The van der Waals surface area contributed by atoms with Crippen LogP contribution in [0.2, 0.25) is 5.02 Å². The minimum absolute atomic E-state index is 0.0350. The van der Waals surface area contributed by atoms with Gasteiger partial charge in [-0.3, -0.25) is 0 Å². The number of rotatable bonds is 8. The van der Waals surface area contributed by atoms with Crippen LogP contribution in [0.5, 0.6) is 0 Å². The van der Waals surface area contributed by atoms with Crippen LogP contribution in [0.4, 0.5) is 5.82 Å². The molecule has 1 heterocycles. The molecule has 0 saturated carbocycles. The Kier molecular flexibility index (Phi) is 6.67. The van der Waals surface area contributed by atoms with E-state index < -0.39 is 10.0 Å². The van der Waals surface area contributed by atoms with Crippen molar-refractivity contribution < 1.29 is 13.2 Å². The van der Waals surface area contributed by atoms with E-state index in [1.54, 1.807) is 6.92 Å². The SMILES string of the molecule is CCNc1ncc(S(=O)(=O)NCC(C)OCC)cc1Cl. The third kappa shape index (κ3) is 4.90. The number of anilines is 1. The minimum atomic E-state index is -3.63. The highest BCUT2D eigenvalue weighted by molar-refractivity contribution is 7.89. The van der Waals surface area contributed by atoms with Gasteiger partial charge in [0.2, 0.25) is 10.0 Å². The Morgan fingerprint density at radius 2 is 2.15 bits per heavy atom. The van der Waals surface area contributed by atoms with Gasteiger partial charge in [0.1, 0.15) is 10.7 Å². The second-order valence-corrected chi connectivity index (χ2v) is 6.32. The number of hydrogen-bond acceptors (Lipinski definition) is 5. The zero-order valence-corrected chi connectivity index (χ0v) is 13.4. The topological polar surface area (TPSA) is 80.3 Å². The molecule has 0 fully saturated rings. The number of nitrogens with one attached hydrogen (secondary N) is 2. The maximum atomic E-state index is 12.1. The summed E-state index contributed by atoms with van der Waals surface area (Å²) in [6.07, 6.45) is 1.08. The average Bonchev–Trinajstić information content (AvgIpc) is 2.39. The highest BCUT2D eigenvalue weighted by atomic mass is 35.5. The monoisotopic (exact) mass is 321 g/mol. The van der Waals surface area contributed by atoms with E-state index in [4.69, 9.17) is 16.3 Å². The van der Waals surface area contributed by atoms with Crippen LogP contribution in [-0.2, 0) is 14.8 Å². The summed E-state index contributed by atoms with van der Waals surface area (Å²) in [4.78, 5) is 4.04. The average molecular weight is 322 g/mol. The van der Waals surface area contributed by atoms with Crippen LogP contribution in [0.25, 0.3) is 0 Å². The summed E-state index contributed by atoms with van der Waals surface area (Å²) in [5, 5.41) is 3.21. The third-order valence-electron chi connectivity index (χ3n) is 2.48. The lowest BCUT2D eigenvalue weighted by atomic mass is 10.4. The minimum Gasteiger partial charge on any atom is -0.377 e. The van der Waals surface area contributed by atoms with Crippen molar-refractivity contribution >= 4 is 27.4 Å². The Bertz CT molecular complexity index is 537. The maximum Gasteiger partial charge on any atom is 0.242 e. The number of pyridine rings is 1. The Morgan fingerprint density at radius 1 is 1.45 bits per heavy atom. The molecule has 0 spiro atoms. The van der Waals surface area contributed by atoms with Crippen LogP contribution < -0.4 is 10.0 Å². The van der Waals surface area contributed by atoms with E-state index in [1.807, 2.05) is 13.8 Å². The van der Waals surface area contributed by atoms with Crippen LogP contribution in [0, 0.1) is 0 Å². The summed E-state index contributed by atoms with van der Waals surface area (Å²) in [6, 6.07) is 1.38. The zero-order chi connectivity index (χ0) is 15.2. The first-order valence-electron chi connectivity index (χ1n) is 6.41. The van der Waals surface area contributed by atoms with Crippen molar-refractivity contribution in [3.63, 3.8) is 0 Å². The first-order valence-corrected chi connectivity index (χ1v) is 8.27. The fraction of sp³-hybridized carbons (Fsp3) is 0.583. The van der Waals surface area contributed by atoms with Gasteiger partial charge in [0.05, 0.1) is 11.1 Å². The number of aromatic nitrogens is 1. The lowest BCUT2D eigenvalue weighted by Gasteiger charge is -2.13. The van der Waals surface area contributed by atoms with E-state index in [2.05, 4.69) is 15.0 Å². The van der Waals surface area contributed by atoms with E-state index in [1.165, 1.54) is 12.3 Å². The summed E-state index contributed by atoms with van der Waals surface area (Å²) in [5.74, 6) is 0.468. The quantitative estimate of drug-likeness (QED) is 0.764. The van der Waals surface area contributed by atoms with Crippen molar-refractivity contribution in [2.24, 2.45) is 0 Å². The predicted molar refractivity (Wildman–Crippen MR) is 79.7 cm³/mol. The lowest BCUT2D eigenvalue weighted by Crippen LogP contribution is -2.32. The lowest BCUT2D eigenvalue weighted by molar-refractivity contribution is 0.0799. The van der Waals surface area contributed by atoms with E-state index in [0.29, 0.717) is 19.0 Å². The molecule has 114 valence electrons. The van der Waals surface area contributed by atoms with Crippen molar-refractivity contribution in [3.8, 4) is 0 Å². The fourth-order valence-corrected chi connectivity index (χ4v) is 2.90. The van der Waals surface area contributed by atoms with Gasteiger partial charge in [0, 0.05) is 25.9 Å². The molecule has 1 aromatic rings. The molecule has 1 rings (SSSR count). The normalized spacial score (nSPS) is 13.2. The molecule has 1 atom stereocenters. The largest absolute Gasteiger partial charge is 0.377 e. The Labute approximate surface area is 124 Å². The molecule has 0 aliphatic heterocycles. The Morgan fingerprint density at radius 3 is 2.70 bits per heavy atom. The van der Waals surface area contributed by atoms with E-state index >= 15 is 0 Å². The Hall–Kier alpha value is -0.890. The molecule has 0 bridgehead atoms. The summed E-state index contributed by atoms with van der Waals surface area (Å²) in [5.41, 5.74) is 0. The van der Waals surface area contributed by atoms with Gasteiger partial charge in [-0.2, -0.15) is 0 Å². The van der Waals surface area contributed by atoms with Crippen LogP contribution in [0.1, 0.15) is 20.8 Å². The van der Waals surface area contributed by atoms with Crippen molar-refractivity contribution in [2.75, 3.05) is 25.0 Å². The highest BCUT2D eigenvalue weighted by Gasteiger charge is 2.17.